The highest BCUT2D eigenvalue weighted by Gasteiger charge is 2.32. The van der Waals surface area contributed by atoms with Crippen LogP contribution in [-0.2, 0) is 19.1 Å². The molecule has 0 saturated carbocycles. The molecular weight excluding hydrogens is 477 g/mol. The number of hydrogen-bond donors (Lipinski definition) is 0. The van der Waals surface area contributed by atoms with Crippen LogP contribution < -0.4 is 15.3 Å². The largest absolute Gasteiger partial charge is 0.440 e. The minimum atomic E-state index is -4.46. The van der Waals surface area contributed by atoms with E-state index < -0.39 is 23.2 Å². The van der Waals surface area contributed by atoms with Gasteiger partial charge in [0.05, 0.1) is 23.4 Å². The zero-order valence-electron chi connectivity index (χ0n) is 18.2. The molecule has 1 aliphatic rings. The van der Waals surface area contributed by atoms with E-state index in [0.29, 0.717) is 30.9 Å². The van der Waals surface area contributed by atoms with Gasteiger partial charge in [0, 0.05) is 25.2 Å². The van der Waals surface area contributed by atoms with Crippen molar-refractivity contribution in [3.8, 4) is 0 Å². The lowest BCUT2D eigenvalue weighted by Gasteiger charge is -2.30. The van der Waals surface area contributed by atoms with Crippen molar-refractivity contribution < 1.29 is 27.2 Å². The zero-order chi connectivity index (χ0) is 24.6. The van der Waals surface area contributed by atoms with Crippen molar-refractivity contribution in [1.29, 1.82) is 0 Å². The molecule has 3 heterocycles. The summed E-state index contributed by atoms with van der Waals surface area (Å²) in [6.45, 7) is 2.37. The van der Waals surface area contributed by atoms with Gasteiger partial charge in [-0.15, -0.1) is 4.73 Å². The number of furan rings is 1. The first-order valence-electron chi connectivity index (χ1n) is 10.3. The fourth-order valence-electron chi connectivity index (χ4n) is 3.81. The smallest absolute Gasteiger partial charge is 0.416 e. The van der Waals surface area contributed by atoms with E-state index in [4.69, 9.17) is 20.9 Å². The summed E-state index contributed by atoms with van der Waals surface area (Å²) in [5.41, 5.74) is -0.109. The first-order valence-corrected chi connectivity index (χ1v) is 10.7. The van der Waals surface area contributed by atoms with Crippen molar-refractivity contribution in [2.45, 2.75) is 26.1 Å². The van der Waals surface area contributed by atoms with Crippen LogP contribution in [0.25, 0.3) is 0 Å². The number of rotatable bonds is 5. The second-order valence-electron chi connectivity index (χ2n) is 7.49. The molecule has 0 atom stereocenters. The molecule has 0 aliphatic carbocycles. The van der Waals surface area contributed by atoms with Crippen LogP contribution in [0.15, 0.2) is 45.6 Å². The fourth-order valence-corrected chi connectivity index (χ4v) is 3.96. The number of anilines is 2. The van der Waals surface area contributed by atoms with Crippen molar-refractivity contribution in [2.75, 3.05) is 25.1 Å². The van der Waals surface area contributed by atoms with Gasteiger partial charge in [-0.1, -0.05) is 0 Å². The third kappa shape index (κ3) is 4.35. The zero-order valence-corrected chi connectivity index (χ0v) is 19.0. The van der Waals surface area contributed by atoms with Gasteiger partial charge >= 0.3 is 6.18 Å². The van der Waals surface area contributed by atoms with Crippen molar-refractivity contribution in [3.05, 3.63) is 74.6 Å². The van der Waals surface area contributed by atoms with Gasteiger partial charge in [-0.25, -0.2) is 4.98 Å². The van der Waals surface area contributed by atoms with Gasteiger partial charge in [-0.05, 0) is 54.9 Å². The number of fused-ring (bicyclic) bond motifs is 1. The van der Waals surface area contributed by atoms with Gasteiger partial charge in [0.2, 0.25) is 5.95 Å². The van der Waals surface area contributed by atoms with Gasteiger partial charge in [-0.2, -0.15) is 13.2 Å². The van der Waals surface area contributed by atoms with E-state index in [9.17, 15) is 22.8 Å². The van der Waals surface area contributed by atoms with Crippen molar-refractivity contribution in [1.82, 2.24) is 14.6 Å². The van der Waals surface area contributed by atoms with Gasteiger partial charge in [0.25, 0.3) is 11.5 Å². The van der Waals surface area contributed by atoms with Crippen molar-refractivity contribution in [3.63, 3.8) is 0 Å². The summed E-state index contributed by atoms with van der Waals surface area (Å²) < 4.78 is 45.0. The minimum absolute atomic E-state index is 0.00559. The van der Waals surface area contributed by atoms with Crippen molar-refractivity contribution in [2.24, 2.45) is 0 Å². The molecule has 0 spiro atoms. The molecule has 34 heavy (non-hydrogen) atoms. The third-order valence-electron chi connectivity index (χ3n) is 5.49. The molecule has 0 saturated heterocycles. The maximum absolute atomic E-state index is 13.3. The van der Waals surface area contributed by atoms with Crippen LogP contribution in [0, 0.1) is 0 Å². The molecule has 8 nitrogen and oxygen atoms in total. The van der Waals surface area contributed by atoms with Crippen LogP contribution in [0.2, 0.25) is 5.22 Å². The highest BCUT2D eigenvalue weighted by Crippen LogP contribution is 2.32. The Labute approximate surface area is 197 Å². The first-order chi connectivity index (χ1) is 16.1. The van der Waals surface area contributed by atoms with Crippen LogP contribution in [0.4, 0.5) is 24.8 Å². The number of benzene rings is 1. The minimum Gasteiger partial charge on any atom is -0.440 e. The lowest BCUT2D eigenvalue weighted by atomic mass is 10.1. The summed E-state index contributed by atoms with van der Waals surface area (Å²) in [6.07, 6.45) is -4.16. The maximum atomic E-state index is 13.3. The van der Waals surface area contributed by atoms with E-state index in [1.807, 2.05) is 0 Å². The second-order valence-corrected chi connectivity index (χ2v) is 7.86. The molecule has 180 valence electrons. The lowest BCUT2D eigenvalue weighted by molar-refractivity contribution is -0.137. The molecule has 3 aromatic rings. The highest BCUT2D eigenvalue weighted by atomic mass is 35.5. The van der Waals surface area contributed by atoms with E-state index in [0.717, 1.165) is 16.9 Å². The Kier molecular flexibility index (Phi) is 6.30. The standard InChI is InChI=1S/C22H20ClF3N4O4/c1-3-29(14-6-4-13(5-7-14)22(24,25)26)21-27-16-10-11-28(12-15(16)19(31)30(21)33-2)20(32)17-8-9-18(23)34-17/h4-9H,3,10-12H2,1-2H3. The Morgan fingerprint density at radius 3 is 2.50 bits per heavy atom. The SMILES string of the molecule is CCN(c1ccc(C(F)(F)F)cc1)c1nc2c(c(=O)n1OC)CN(C(=O)c1ccc(Cl)o1)CC2. The molecule has 4 rings (SSSR count). The average Bonchev–Trinajstić information content (AvgIpc) is 3.25. The molecule has 0 N–H and O–H groups in total. The quantitative estimate of drug-likeness (QED) is 0.532. The van der Waals surface area contributed by atoms with Crippen LogP contribution in [0.1, 0.15) is 34.3 Å². The fraction of sp³-hybridized carbons (Fsp3) is 0.318. The van der Waals surface area contributed by atoms with Gasteiger partial charge in [0.15, 0.2) is 11.0 Å². The summed E-state index contributed by atoms with van der Waals surface area (Å²) in [6, 6.07) is 7.48. The maximum Gasteiger partial charge on any atom is 0.416 e. The molecule has 0 unspecified atom stereocenters. The number of halogens is 4. The van der Waals surface area contributed by atoms with Gasteiger partial charge in [0.1, 0.15) is 7.11 Å². The highest BCUT2D eigenvalue weighted by molar-refractivity contribution is 6.29. The molecule has 1 aliphatic heterocycles. The monoisotopic (exact) mass is 496 g/mol. The molecule has 0 fully saturated rings. The Balaban J connectivity index is 1.69. The average molecular weight is 497 g/mol. The summed E-state index contributed by atoms with van der Waals surface area (Å²) in [5.74, 6) is -0.222. The number of alkyl halides is 3. The number of carbonyl (C=O) groups is 1. The Bertz CT molecular complexity index is 1270. The summed E-state index contributed by atoms with van der Waals surface area (Å²) >= 11 is 5.75. The normalized spacial score (nSPS) is 13.5. The van der Waals surface area contributed by atoms with Gasteiger partial charge in [-0.3, -0.25) is 9.59 Å². The van der Waals surface area contributed by atoms with Crippen LogP contribution >= 0.6 is 11.6 Å². The molecule has 0 radical (unpaired) electrons. The predicted octanol–water partition coefficient (Wildman–Crippen LogP) is 3.92. The van der Waals surface area contributed by atoms with Crippen molar-refractivity contribution >= 4 is 29.1 Å². The second kappa shape index (κ2) is 9.05. The summed E-state index contributed by atoms with van der Waals surface area (Å²) in [5, 5.41) is 0.0803. The van der Waals surface area contributed by atoms with Gasteiger partial charge < -0.3 is 19.1 Å². The summed E-state index contributed by atoms with van der Waals surface area (Å²) in [7, 11) is 1.29. The number of aromatic nitrogens is 2. The lowest BCUT2D eigenvalue weighted by Crippen LogP contribution is -2.43. The molecule has 2 aromatic heterocycles. The number of hydrogen-bond acceptors (Lipinski definition) is 6. The van der Waals surface area contributed by atoms with E-state index >= 15 is 0 Å². The first kappa shape index (κ1) is 23.7. The Hall–Kier alpha value is -3.47. The number of amides is 1. The Morgan fingerprint density at radius 1 is 1.24 bits per heavy atom. The number of carbonyl (C=O) groups excluding carboxylic acids is 1. The van der Waals surface area contributed by atoms with E-state index in [1.54, 1.807) is 11.8 Å². The van der Waals surface area contributed by atoms with E-state index in [-0.39, 0.29) is 29.0 Å². The van der Waals surface area contributed by atoms with Crippen LogP contribution in [-0.4, -0.2) is 40.7 Å². The van der Waals surface area contributed by atoms with Crippen LogP contribution in [0.5, 0.6) is 0 Å². The molecule has 1 aromatic carbocycles. The number of nitrogens with zero attached hydrogens (tertiary/aromatic N) is 4. The molecule has 0 bridgehead atoms. The van der Waals surface area contributed by atoms with E-state index in [1.165, 1.54) is 36.3 Å². The van der Waals surface area contributed by atoms with Crippen LogP contribution in [0.3, 0.4) is 0 Å². The third-order valence-corrected chi connectivity index (χ3v) is 5.70. The molecular formula is C22H20ClF3N4O4. The predicted molar refractivity (Wildman–Crippen MR) is 117 cm³/mol. The summed E-state index contributed by atoms with van der Waals surface area (Å²) in [4.78, 5) is 38.9. The molecule has 12 heteroatoms. The molecule has 1 amide bonds. The van der Waals surface area contributed by atoms with E-state index in [2.05, 4.69) is 4.98 Å². The Morgan fingerprint density at radius 2 is 1.94 bits per heavy atom. The topological polar surface area (TPSA) is 80.8 Å².